The van der Waals surface area contributed by atoms with Crippen LogP contribution in [0.1, 0.15) is 47.1 Å². The summed E-state index contributed by atoms with van der Waals surface area (Å²) in [5.41, 5.74) is 4.63. The van der Waals surface area contributed by atoms with Crippen molar-refractivity contribution in [1.82, 2.24) is 25.2 Å². The summed E-state index contributed by atoms with van der Waals surface area (Å²) in [6, 6.07) is 9.79. The van der Waals surface area contributed by atoms with Crippen molar-refractivity contribution in [2.45, 2.75) is 38.8 Å². The van der Waals surface area contributed by atoms with E-state index in [1.807, 2.05) is 31.3 Å². The van der Waals surface area contributed by atoms with E-state index in [4.69, 9.17) is 0 Å². The number of nitriles is 1. The molecule has 9 nitrogen and oxygen atoms in total. The summed E-state index contributed by atoms with van der Waals surface area (Å²) in [4.78, 5) is 40.7. The summed E-state index contributed by atoms with van der Waals surface area (Å²) < 4.78 is 0. The van der Waals surface area contributed by atoms with Gasteiger partial charge in [0, 0.05) is 50.5 Å². The largest absolute Gasteiger partial charge is 0.367 e. The van der Waals surface area contributed by atoms with Crippen LogP contribution in [-0.2, 0) is 13.0 Å². The molecule has 9 heteroatoms. The molecule has 0 radical (unpaired) electrons. The van der Waals surface area contributed by atoms with Crippen molar-refractivity contribution in [1.29, 1.82) is 5.26 Å². The number of rotatable bonds is 6. The van der Waals surface area contributed by atoms with Gasteiger partial charge in [-0.05, 0) is 49.1 Å². The molecule has 3 aromatic rings. The highest BCUT2D eigenvalue weighted by molar-refractivity contribution is 5.93. The molecule has 1 aliphatic heterocycles. The summed E-state index contributed by atoms with van der Waals surface area (Å²) in [6.45, 7) is 5.83. The van der Waals surface area contributed by atoms with Crippen molar-refractivity contribution in [3.8, 4) is 6.07 Å². The Morgan fingerprint density at radius 3 is 2.74 bits per heavy atom. The van der Waals surface area contributed by atoms with Crippen molar-refractivity contribution >= 4 is 22.6 Å². The maximum atomic E-state index is 12.3. The van der Waals surface area contributed by atoms with Gasteiger partial charge < -0.3 is 15.2 Å². The van der Waals surface area contributed by atoms with Crippen LogP contribution in [-0.4, -0.2) is 58.0 Å². The first-order chi connectivity index (χ1) is 16.5. The Morgan fingerprint density at radius 1 is 1.24 bits per heavy atom. The van der Waals surface area contributed by atoms with E-state index in [9.17, 15) is 14.9 Å². The Labute approximate surface area is 197 Å². The van der Waals surface area contributed by atoms with Crippen LogP contribution in [0.2, 0.25) is 0 Å². The fourth-order valence-corrected chi connectivity index (χ4v) is 4.32. The Hall–Kier alpha value is -3.77. The molecule has 0 spiro atoms. The van der Waals surface area contributed by atoms with E-state index in [0.717, 1.165) is 73.4 Å². The van der Waals surface area contributed by atoms with E-state index in [-0.39, 0.29) is 23.2 Å². The van der Waals surface area contributed by atoms with Gasteiger partial charge in [0.15, 0.2) is 5.69 Å². The number of piperazine rings is 1. The number of nitrogens with zero attached hydrogens (tertiary/aromatic N) is 5. The molecule has 1 aliphatic carbocycles. The minimum Gasteiger partial charge on any atom is -0.367 e. The summed E-state index contributed by atoms with van der Waals surface area (Å²) in [6.07, 6.45) is 4.56. The van der Waals surface area contributed by atoms with Crippen LogP contribution in [0.25, 0.3) is 11.0 Å². The predicted molar refractivity (Wildman–Crippen MR) is 129 cm³/mol. The van der Waals surface area contributed by atoms with Crippen molar-refractivity contribution < 1.29 is 4.79 Å². The topological polar surface area (TPSA) is 118 Å². The molecule has 174 valence electrons. The maximum absolute atomic E-state index is 12.3. The third-order valence-electron chi connectivity index (χ3n) is 6.45. The Bertz CT molecular complexity index is 1330. The second-order valence-corrected chi connectivity index (χ2v) is 8.94. The monoisotopic (exact) mass is 457 g/mol. The number of hydrogen-bond donors (Lipinski definition) is 2. The van der Waals surface area contributed by atoms with Gasteiger partial charge in [-0.2, -0.15) is 5.26 Å². The van der Waals surface area contributed by atoms with E-state index >= 15 is 0 Å². The molecule has 2 fully saturated rings. The van der Waals surface area contributed by atoms with E-state index in [1.54, 1.807) is 6.07 Å². The molecule has 2 N–H and O–H groups in total. The first kappa shape index (κ1) is 22.0. The Morgan fingerprint density at radius 2 is 2.03 bits per heavy atom. The number of pyridine rings is 3. The molecule has 34 heavy (non-hydrogen) atoms. The Balaban J connectivity index is 1.23. The SMILES string of the molecule is CCc1cc2ncc(CN3CCN(c4ccc(C(=O)NC5CC5)nc4C#N)CC3)cc2[nH]c1=O. The average Bonchev–Trinajstić information content (AvgIpc) is 3.67. The van der Waals surface area contributed by atoms with Crippen LogP contribution in [0.4, 0.5) is 5.69 Å². The summed E-state index contributed by atoms with van der Waals surface area (Å²) >= 11 is 0. The minimum atomic E-state index is -0.216. The number of fused-ring (bicyclic) bond motifs is 1. The summed E-state index contributed by atoms with van der Waals surface area (Å²) in [5.74, 6) is -0.216. The molecular weight excluding hydrogens is 430 g/mol. The van der Waals surface area contributed by atoms with Crippen LogP contribution >= 0.6 is 0 Å². The molecule has 0 unspecified atom stereocenters. The molecule has 4 heterocycles. The molecule has 0 aromatic carbocycles. The molecule has 1 saturated carbocycles. The third-order valence-corrected chi connectivity index (χ3v) is 6.45. The van der Waals surface area contributed by atoms with Crippen LogP contribution in [0.15, 0.2) is 35.3 Å². The van der Waals surface area contributed by atoms with Crippen molar-refractivity contribution in [2.24, 2.45) is 0 Å². The van der Waals surface area contributed by atoms with E-state index in [2.05, 4.69) is 36.1 Å². The zero-order valence-corrected chi connectivity index (χ0v) is 19.2. The summed E-state index contributed by atoms with van der Waals surface area (Å²) in [5, 5.41) is 12.5. The molecule has 1 saturated heterocycles. The zero-order chi connectivity index (χ0) is 23.7. The van der Waals surface area contributed by atoms with Gasteiger partial charge in [-0.3, -0.25) is 19.5 Å². The highest BCUT2D eigenvalue weighted by Gasteiger charge is 2.26. The second kappa shape index (κ2) is 9.23. The zero-order valence-electron chi connectivity index (χ0n) is 19.2. The number of H-pyrrole nitrogens is 1. The highest BCUT2D eigenvalue weighted by atomic mass is 16.2. The summed E-state index contributed by atoms with van der Waals surface area (Å²) in [7, 11) is 0. The second-order valence-electron chi connectivity index (χ2n) is 8.94. The molecule has 0 atom stereocenters. The predicted octanol–water partition coefficient (Wildman–Crippen LogP) is 1.97. The number of anilines is 1. The van der Waals surface area contributed by atoms with E-state index < -0.39 is 0 Å². The molecule has 1 amide bonds. The lowest BCUT2D eigenvalue weighted by molar-refractivity contribution is 0.0946. The van der Waals surface area contributed by atoms with Crippen molar-refractivity contribution in [3.05, 3.63) is 63.3 Å². The fourth-order valence-electron chi connectivity index (χ4n) is 4.32. The van der Waals surface area contributed by atoms with Gasteiger partial charge in [0.2, 0.25) is 0 Å². The van der Waals surface area contributed by atoms with Gasteiger partial charge in [0.05, 0.1) is 16.7 Å². The van der Waals surface area contributed by atoms with Gasteiger partial charge >= 0.3 is 0 Å². The van der Waals surface area contributed by atoms with Crippen LogP contribution in [0.3, 0.4) is 0 Å². The minimum absolute atomic E-state index is 0.0551. The van der Waals surface area contributed by atoms with Crippen molar-refractivity contribution in [2.75, 3.05) is 31.1 Å². The van der Waals surface area contributed by atoms with Crippen LogP contribution in [0, 0.1) is 11.3 Å². The maximum Gasteiger partial charge on any atom is 0.270 e. The number of aromatic nitrogens is 3. The van der Waals surface area contributed by atoms with Gasteiger partial charge in [-0.15, -0.1) is 0 Å². The molecule has 0 bridgehead atoms. The average molecular weight is 458 g/mol. The van der Waals surface area contributed by atoms with Crippen LogP contribution in [0.5, 0.6) is 0 Å². The molecule has 2 aliphatic rings. The van der Waals surface area contributed by atoms with Crippen molar-refractivity contribution in [3.63, 3.8) is 0 Å². The highest BCUT2D eigenvalue weighted by Crippen LogP contribution is 2.23. The fraction of sp³-hybridized carbons (Fsp3) is 0.400. The first-order valence-electron chi connectivity index (χ1n) is 11.7. The number of aromatic amines is 1. The molecule has 5 rings (SSSR count). The lowest BCUT2D eigenvalue weighted by atomic mass is 10.1. The van der Waals surface area contributed by atoms with E-state index in [1.165, 1.54) is 0 Å². The number of hydrogen-bond acceptors (Lipinski definition) is 7. The third kappa shape index (κ3) is 4.63. The number of amides is 1. The van der Waals surface area contributed by atoms with Gasteiger partial charge in [0.1, 0.15) is 11.8 Å². The van der Waals surface area contributed by atoms with Gasteiger partial charge in [0.25, 0.3) is 11.5 Å². The van der Waals surface area contributed by atoms with Gasteiger partial charge in [-0.25, -0.2) is 4.98 Å². The standard InChI is InChI=1S/C25H27N7O2/c1-2-17-12-20-21(30-24(17)33)11-16(14-27-20)15-31-7-9-32(10-8-31)23-6-5-19(29-22(23)13-26)25(34)28-18-3-4-18/h5-6,11-12,14,18H,2-4,7-10,15H2,1H3,(H,28,34)(H,30,33). The smallest absolute Gasteiger partial charge is 0.270 e. The lowest BCUT2D eigenvalue weighted by Gasteiger charge is -2.36. The van der Waals surface area contributed by atoms with Gasteiger partial charge in [-0.1, -0.05) is 6.92 Å². The Kier molecular flexibility index (Phi) is 5.99. The number of carbonyl (C=O) groups is 1. The number of nitrogens with one attached hydrogen (secondary N) is 2. The molecule has 3 aromatic heterocycles. The number of aryl methyl sites for hydroxylation is 1. The number of carbonyl (C=O) groups excluding carboxylic acids is 1. The quantitative estimate of drug-likeness (QED) is 0.581. The normalized spacial score (nSPS) is 16.4. The first-order valence-corrected chi connectivity index (χ1v) is 11.7. The lowest BCUT2D eigenvalue weighted by Crippen LogP contribution is -2.46. The van der Waals surface area contributed by atoms with Crippen LogP contribution < -0.4 is 15.8 Å². The van der Waals surface area contributed by atoms with E-state index in [0.29, 0.717) is 12.1 Å². The molecular formula is C25H27N7O2.